The molecule has 0 aromatic heterocycles. The van der Waals surface area contributed by atoms with Crippen LogP contribution in [0.3, 0.4) is 0 Å². The highest BCUT2D eigenvalue weighted by molar-refractivity contribution is 7.92. The Morgan fingerprint density at radius 1 is 0.826 bits per heavy atom. The molecule has 0 unspecified atom stereocenters. The first-order valence-electron chi connectivity index (χ1n) is 14.4. The van der Waals surface area contributed by atoms with Crippen LogP contribution in [-0.4, -0.2) is 65.2 Å². The molecule has 0 spiro atoms. The average molecular weight is 650 g/mol. The molecule has 0 bridgehead atoms. The Bertz CT molecular complexity index is 1670. The summed E-state index contributed by atoms with van der Waals surface area (Å²) in [4.78, 5) is 28.7. The van der Waals surface area contributed by atoms with E-state index in [9.17, 15) is 22.4 Å². The molecular formula is C34H36FN3O7S. The summed E-state index contributed by atoms with van der Waals surface area (Å²) in [6.45, 7) is 0.289. The molecule has 0 aliphatic carbocycles. The summed E-state index contributed by atoms with van der Waals surface area (Å²) in [5.74, 6) is -0.372. The van der Waals surface area contributed by atoms with Crippen LogP contribution in [0.2, 0.25) is 0 Å². The summed E-state index contributed by atoms with van der Waals surface area (Å²) >= 11 is 0. The lowest BCUT2D eigenvalue weighted by molar-refractivity contribution is -0.142. The second kappa shape index (κ2) is 16.4. The SMILES string of the molecule is COCCNC(=O)[C@H](Cc1ccccc1)N(Cc1ccc(OC)cc1)C(=O)COc1ccc(S(=O)(=O)Nc2ccc(F)cc2)cc1. The fourth-order valence-electron chi connectivity index (χ4n) is 4.55. The first-order chi connectivity index (χ1) is 22.2. The summed E-state index contributed by atoms with van der Waals surface area (Å²) in [5.41, 5.74) is 1.86. The first-order valence-corrected chi connectivity index (χ1v) is 15.9. The van der Waals surface area contributed by atoms with Crippen molar-refractivity contribution in [1.82, 2.24) is 10.2 Å². The lowest BCUT2D eigenvalue weighted by Crippen LogP contribution is -2.52. The molecule has 46 heavy (non-hydrogen) atoms. The van der Waals surface area contributed by atoms with Gasteiger partial charge in [-0.3, -0.25) is 14.3 Å². The number of sulfonamides is 1. The number of halogens is 1. The highest BCUT2D eigenvalue weighted by Crippen LogP contribution is 2.21. The van der Waals surface area contributed by atoms with E-state index in [0.29, 0.717) is 12.4 Å². The molecule has 10 nitrogen and oxygen atoms in total. The van der Waals surface area contributed by atoms with Crippen LogP contribution in [0.4, 0.5) is 10.1 Å². The van der Waals surface area contributed by atoms with Crippen LogP contribution < -0.4 is 19.5 Å². The van der Waals surface area contributed by atoms with Gasteiger partial charge in [0.25, 0.3) is 15.9 Å². The number of methoxy groups -OCH3 is 2. The number of rotatable bonds is 16. The zero-order valence-electron chi connectivity index (χ0n) is 25.5. The number of hydrogen-bond acceptors (Lipinski definition) is 7. The Morgan fingerprint density at radius 3 is 2.11 bits per heavy atom. The van der Waals surface area contributed by atoms with Gasteiger partial charge in [-0.15, -0.1) is 0 Å². The number of amides is 2. The number of hydrogen-bond donors (Lipinski definition) is 2. The molecule has 2 N–H and O–H groups in total. The van der Waals surface area contributed by atoms with Gasteiger partial charge in [-0.25, -0.2) is 12.8 Å². The third-order valence-electron chi connectivity index (χ3n) is 6.98. The van der Waals surface area contributed by atoms with Crippen LogP contribution in [0.25, 0.3) is 0 Å². The Morgan fingerprint density at radius 2 is 1.48 bits per heavy atom. The van der Waals surface area contributed by atoms with Crippen LogP contribution in [0.15, 0.2) is 108 Å². The smallest absolute Gasteiger partial charge is 0.261 e. The van der Waals surface area contributed by atoms with Crippen molar-refractivity contribution in [3.05, 3.63) is 120 Å². The standard InChI is InChI=1S/C34H36FN3O7S/c1-43-21-20-36-34(40)32(22-25-6-4-3-5-7-25)38(23-26-8-14-29(44-2)15-9-26)33(39)24-45-30-16-18-31(19-17-30)46(41,42)37-28-12-10-27(35)11-13-28/h3-19,32,37H,20-24H2,1-2H3,(H,36,40)/t32-/m0/s1. The maximum Gasteiger partial charge on any atom is 0.261 e. The van der Waals surface area contributed by atoms with Gasteiger partial charge in [-0.1, -0.05) is 42.5 Å². The number of anilines is 1. The quantitative estimate of drug-likeness (QED) is 0.172. The second-order valence-electron chi connectivity index (χ2n) is 10.2. The molecule has 12 heteroatoms. The van der Waals surface area contributed by atoms with E-state index in [0.717, 1.165) is 23.3 Å². The van der Waals surface area contributed by atoms with Gasteiger partial charge in [0, 0.05) is 32.3 Å². The molecule has 242 valence electrons. The van der Waals surface area contributed by atoms with Crippen molar-refractivity contribution in [3.8, 4) is 11.5 Å². The van der Waals surface area contributed by atoms with Crippen molar-refractivity contribution >= 4 is 27.5 Å². The summed E-state index contributed by atoms with van der Waals surface area (Å²) in [7, 11) is -0.855. The summed E-state index contributed by atoms with van der Waals surface area (Å²) in [6.07, 6.45) is 0.259. The van der Waals surface area contributed by atoms with Crippen LogP contribution in [-0.2, 0) is 37.3 Å². The minimum Gasteiger partial charge on any atom is -0.497 e. The number of carbonyl (C=O) groups excluding carboxylic acids is 2. The Labute approximate surface area is 268 Å². The van der Waals surface area contributed by atoms with E-state index in [1.165, 1.54) is 48.4 Å². The molecule has 4 rings (SSSR count). The van der Waals surface area contributed by atoms with E-state index >= 15 is 0 Å². The number of carbonyl (C=O) groups is 2. The maximum absolute atomic E-state index is 13.8. The average Bonchev–Trinajstić information content (AvgIpc) is 3.07. The minimum atomic E-state index is -3.95. The van der Waals surface area contributed by atoms with E-state index in [-0.39, 0.29) is 41.7 Å². The fraction of sp³-hybridized carbons (Fsp3) is 0.235. The molecule has 0 aliphatic heterocycles. The fourth-order valence-corrected chi connectivity index (χ4v) is 5.61. The Balaban J connectivity index is 1.53. The van der Waals surface area contributed by atoms with Gasteiger partial charge in [0.05, 0.1) is 18.6 Å². The van der Waals surface area contributed by atoms with Crippen molar-refractivity contribution in [2.75, 3.05) is 38.7 Å². The molecular weight excluding hydrogens is 613 g/mol. The van der Waals surface area contributed by atoms with E-state index in [1.807, 2.05) is 42.5 Å². The van der Waals surface area contributed by atoms with Crippen molar-refractivity contribution in [1.29, 1.82) is 0 Å². The largest absolute Gasteiger partial charge is 0.497 e. The number of benzene rings is 4. The molecule has 0 saturated heterocycles. The number of nitrogens with zero attached hydrogens (tertiary/aromatic N) is 1. The second-order valence-corrected chi connectivity index (χ2v) is 11.9. The van der Waals surface area contributed by atoms with Crippen molar-refractivity contribution < 1.29 is 36.6 Å². The molecule has 0 radical (unpaired) electrons. The van der Waals surface area contributed by atoms with Crippen LogP contribution >= 0.6 is 0 Å². The normalized spacial score (nSPS) is 11.7. The van der Waals surface area contributed by atoms with Gasteiger partial charge in [0.2, 0.25) is 5.91 Å². The predicted octanol–water partition coefficient (Wildman–Crippen LogP) is 4.42. The molecule has 4 aromatic rings. The molecule has 0 heterocycles. The first kappa shape index (κ1) is 33.9. The van der Waals surface area contributed by atoms with E-state index in [4.69, 9.17) is 14.2 Å². The molecule has 0 saturated carbocycles. The summed E-state index contributed by atoms with van der Waals surface area (Å²) < 4.78 is 57.3. The maximum atomic E-state index is 13.8. The third kappa shape index (κ3) is 9.78. The van der Waals surface area contributed by atoms with Gasteiger partial charge >= 0.3 is 0 Å². The van der Waals surface area contributed by atoms with Crippen LogP contribution in [0, 0.1) is 5.82 Å². The number of nitrogens with one attached hydrogen (secondary N) is 2. The van der Waals surface area contributed by atoms with Gasteiger partial charge < -0.3 is 24.4 Å². The Hall–Kier alpha value is -4.94. The van der Waals surface area contributed by atoms with Gasteiger partial charge in [0.15, 0.2) is 6.61 Å². The van der Waals surface area contributed by atoms with Crippen LogP contribution in [0.5, 0.6) is 11.5 Å². The molecule has 2 amide bonds. The minimum absolute atomic E-state index is 0.0488. The lowest BCUT2D eigenvalue weighted by atomic mass is 10.0. The van der Waals surface area contributed by atoms with E-state index in [1.54, 1.807) is 19.2 Å². The molecule has 4 aromatic carbocycles. The summed E-state index contributed by atoms with van der Waals surface area (Å²) in [5, 5.41) is 2.86. The molecule has 1 atom stereocenters. The highest BCUT2D eigenvalue weighted by atomic mass is 32.2. The van der Waals surface area contributed by atoms with Gasteiger partial charge in [-0.05, 0) is 71.8 Å². The summed E-state index contributed by atoms with van der Waals surface area (Å²) in [6, 6.07) is 26.2. The zero-order valence-corrected chi connectivity index (χ0v) is 26.3. The zero-order chi connectivity index (χ0) is 32.9. The molecule has 0 fully saturated rings. The third-order valence-corrected chi connectivity index (χ3v) is 8.38. The van der Waals surface area contributed by atoms with E-state index in [2.05, 4.69) is 10.0 Å². The topological polar surface area (TPSA) is 123 Å². The van der Waals surface area contributed by atoms with Crippen molar-refractivity contribution in [2.45, 2.75) is 23.9 Å². The van der Waals surface area contributed by atoms with Crippen LogP contribution in [0.1, 0.15) is 11.1 Å². The van der Waals surface area contributed by atoms with Crippen molar-refractivity contribution in [3.63, 3.8) is 0 Å². The van der Waals surface area contributed by atoms with Gasteiger partial charge in [-0.2, -0.15) is 0 Å². The van der Waals surface area contributed by atoms with Gasteiger partial charge in [0.1, 0.15) is 23.4 Å². The monoisotopic (exact) mass is 649 g/mol. The highest BCUT2D eigenvalue weighted by Gasteiger charge is 2.30. The predicted molar refractivity (Wildman–Crippen MR) is 172 cm³/mol. The van der Waals surface area contributed by atoms with E-state index < -0.39 is 34.4 Å². The van der Waals surface area contributed by atoms with Crippen molar-refractivity contribution in [2.24, 2.45) is 0 Å². The molecule has 0 aliphatic rings. The Kier molecular flexibility index (Phi) is 12.1. The lowest BCUT2D eigenvalue weighted by Gasteiger charge is -2.31. The number of ether oxygens (including phenoxy) is 3.